The van der Waals surface area contributed by atoms with Crippen LogP contribution in [0.1, 0.15) is 37.7 Å². The number of aromatic nitrogens is 2. The van der Waals surface area contributed by atoms with Crippen molar-refractivity contribution in [3.05, 3.63) is 48.2 Å². The van der Waals surface area contributed by atoms with Crippen LogP contribution in [0.2, 0.25) is 0 Å². The van der Waals surface area contributed by atoms with Crippen LogP contribution in [0.4, 0.5) is 11.5 Å². The Bertz CT molecular complexity index is 886. The lowest BCUT2D eigenvalue weighted by Crippen LogP contribution is -2.23. The van der Waals surface area contributed by atoms with Gasteiger partial charge < -0.3 is 10.2 Å². The molecule has 0 bridgehead atoms. The molecule has 1 aromatic carbocycles. The number of benzene rings is 1. The zero-order valence-electron chi connectivity index (χ0n) is 16.0. The summed E-state index contributed by atoms with van der Waals surface area (Å²) in [5, 5.41) is 3.83. The van der Waals surface area contributed by atoms with Gasteiger partial charge in [0.25, 0.3) is 0 Å². The lowest BCUT2D eigenvalue weighted by atomic mass is 9.95. The van der Waals surface area contributed by atoms with Gasteiger partial charge in [0.15, 0.2) is 0 Å². The summed E-state index contributed by atoms with van der Waals surface area (Å²) in [5.41, 5.74) is 5.66. The highest BCUT2D eigenvalue weighted by molar-refractivity contribution is 5.78. The standard InChI is InChI=1S/C22H28N4/c1-16-8-7-15-26-21(16)24-20(17-11-13-19(14-12-17)25(2)3)22(26)23-18-9-5-4-6-10-18/h7-8,11-15,18,23H,4-6,9-10H2,1-3H3. The fraction of sp³-hybridized carbons (Fsp3) is 0.409. The van der Waals surface area contributed by atoms with Crippen molar-refractivity contribution in [1.82, 2.24) is 9.38 Å². The number of pyridine rings is 1. The van der Waals surface area contributed by atoms with Crippen LogP contribution >= 0.6 is 0 Å². The normalized spacial score (nSPS) is 15.3. The molecule has 2 aromatic heterocycles. The first-order valence-electron chi connectivity index (χ1n) is 9.65. The van der Waals surface area contributed by atoms with E-state index >= 15 is 0 Å². The number of hydrogen-bond acceptors (Lipinski definition) is 3. The third kappa shape index (κ3) is 3.16. The van der Waals surface area contributed by atoms with Gasteiger partial charge in [-0.1, -0.05) is 37.5 Å². The van der Waals surface area contributed by atoms with E-state index in [1.54, 1.807) is 0 Å². The Labute approximate surface area is 155 Å². The topological polar surface area (TPSA) is 32.6 Å². The number of anilines is 2. The highest BCUT2D eigenvalue weighted by Crippen LogP contribution is 2.33. The predicted molar refractivity (Wildman–Crippen MR) is 110 cm³/mol. The second-order valence-corrected chi connectivity index (χ2v) is 7.61. The molecule has 4 heteroatoms. The molecule has 0 aliphatic heterocycles. The Kier molecular flexibility index (Phi) is 4.58. The summed E-state index contributed by atoms with van der Waals surface area (Å²) in [6.07, 6.45) is 8.62. The van der Waals surface area contributed by atoms with Crippen molar-refractivity contribution in [2.75, 3.05) is 24.3 Å². The second kappa shape index (κ2) is 7.02. The Morgan fingerprint density at radius 2 is 1.77 bits per heavy atom. The molecule has 0 atom stereocenters. The minimum absolute atomic E-state index is 0.545. The van der Waals surface area contributed by atoms with Gasteiger partial charge in [0.05, 0.1) is 0 Å². The highest BCUT2D eigenvalue weighted by atomic mass is 15.1. The molecule has 3 aromatic rings. The summed E-state index contributed by atoms with van der Waals surface area (Å²) in [7, 11) is 4.14. The molecule has 4 rings (SSSR count). The van der Waals surface area contributed by atoms with Crippen molar-refractivity contribution in [3.8, 4) is 11.3 Å². The van der Waals surface area contributed by atoms with Crippen molar-refractivity contribution in [2.45, 2.75) is 45.1 Å². The van der Waals surface area contributed by atoms with Gasteiger partial charge in [0.2, 0.25) is 0 Å². The molecular weight excluding hydrogens is 320 g/mol. The number of imidazole rings is 1. The molecule has 1 fully saturated rings. The molecular formula is C22H28N4. The average Bonchev–Trinajstić information content (AvgIpc) is 3.03. The summed E-state index contributed by atoms with van der Waals surface area (Å²) in [6, 6.07) is 13.5. The molecule has 1 aliphatic carbocycles. The number of nitrogens with one attached hydrogen (secondary N) is 1. The van der Waals surface area contributed by atoms with Crippen LogP contribution in [0.3, 0.4) is 0 Å². The smallest absolute Gasteiger partial charge is 0.142 e. The maximum Gasteiger partial charge on any atom is 0.142 e. The Morgan fingerprint density at radius 1 is 1.04 bits per heavy atom. The van der Waals surface area contributed by atoms with Gasteiger partial charge >= 0.3 is 0 Å². The van der Waals surface area contributed by atoms with Gasteiger partial charge in [-0.25, -0.2) is 4.98 Å². The van der Waals surface area contributed by atoms with Gasteiger partial charge in [-0.2, -0.15) is 0 Å². The lowest BCUT2D eigenvalue weighted by molar-refractivity contribution is 0.462. The molecule has 0 saturated heterocycles. The van der Waals surface area contributed by atoms with E-state index in [9.17, 15) is 0 Å². The first kappa shape index (κ1) is 17.0. The van der Waals surface area contributed by atoms with Gasteiger partial charge in [0, 0.05) is 37.6 Å². The van der Waals surface area contributed by atoms with Crippen LogP contribution in [0, 0.1) is 6.92 Å². The maximum atomic E-state index is 5.01. The summed E-state index contributed by atoms with van der Waals surface area (Å²) in [5.74, 6) is 1.13. The molecule has 1 N–H and O–H groups in total. The Hall–Kier alpha value is -2.49. The minimum Gasteiger partial charge on any atom is -0.378 e. The fourth-order valence-corrected chi connectivity index (χ4v) is 3.90. The molecule has 4 nitrogen and oxygen atoms in total. The van der Waals surface area contributed by atoms with Gasteiger partial charge in [-0.05, 0) is 43.5 Å². The molecule has 26 heavy (non-hydrogen) atoms. The third-order valence-electron chi connectivity index (χ3n) is 5.45. The number of hydrogen-bond donors (Lipinski definition) is 1. The minimum atomic E-state index is 0.545. The number of aryl methyl sites for hydroxylation is 1. The van der Waals surface area contributed by atoms with Crippen molar-refractivity contribution in [2.24, 2.45) is 0 Å². The zero-order chi connectivity index (χ0) is 18.1. The summed E-state index contributed by atoms with van der Waals surface area (Å²) in [6.45, 7) is 2.13. The molecule has 0 radical (unpaired) electrons. The highest BCUT2D eigenvalue weighted by Gasteiger charge is 2.20. The van der Waals surface area contributed by atoms with Crippen LogP contribution in [0.15, 0.2) is 42.6 Å². The first-order chi connectivity index (χ1) is 12.6. The van der Waals surface area contributed by atoms with E-state index in [2.05, 4.69) is 78.2 Å². The van der Waals surface area contributed by atoms with E-state index in [0.29, 0.717) is 6.04 Å². The Balaban J connectivity index is 1.79. The quantitative estimate of drug-likeness (QED) is 0.710. The summed E-state index contributed by atoms with van der Waals surface area (Å²) < 4.78 is 2.22. The van der Waals surface area contributed by atoms with Crippen molar-refractivity contribution < 1.29 is 0 Å². The predicted octanol–water partition coefficient (Wildman–Crippen LogP) is 5.12. The number of fused-ring (bicyclic) bond motifs is 1. The van der Waals surface area contributed by atoms with Crippen LogP contribution in [0.25, 0.3) is 16.9 Å². The fourth-order valence-electron chi connectivity index (χ4n) is 3.90. The van der Waals surface area contributed by atoms with E-state index in [1.807, 2.05) is 0 Å². The molecule has 0 unspecified atom stereocenters. The Morgan fingerprint density at radius 3 is 2.46 bits per heavy atom. The molecule has 1 saturated carbocycles. The summed E-state index contributed by atoms with van der Waals surface area (Å²) in [4.78, 5) is 7.13. The van der Waals surface area contributed by atoms with Gasteiger partial charge in [0.1, 0.15) is 17.2 Å². The van der Waals surface area contributed by atoms with Gasteiger partial charge in [-0.15, -0.1) is 0 Å². The molecule has 0 amide bonds. The monoisotopic (exact) mass is 348 g/mol. The van der Waals surface area contributed by atoms with Gasteiger partial charge in [-0.3, -0.25) is 4.40 Å². The van der Waals surface area contributed by atoms with Crippen molar-refractivity contribution >= 4 is 17.2 Å². The molecule has 0 spiro atoms. The number of nitrogens with zero attached hydrogens (tertiary/aromatic N) is 3. The SMILES string of the molecule is Cc1cccn2c(NC3CCCCC3)c(-c3ccc(N(C)C)cc3)nc12. The first-order valence-corrected chi connectivity index (χ1v) is 9.65. The number of rotatable bonds is 4. The summed E-state index contributed by atoms with van der Waals surface area (Å²) >= 11 is 0. The molecule has 136 valence electrons. The van der Waals surface area contributed by atoms with E-state index in [0.717, 1.165) is 22.7 Å². The van der Waals surface area contributed by atoms with E-state index < -0.39 is 0 Å². The van der Waals surface area contributed by atoms with Crippen LogP contribution in [-0.4, -0.2) is 29.5 Å². The van der Waals surface area contributed by atoms with E-state index in [1.165, 1.54) is 43.4 Å². The van der Waals surface area contributed by atoms with Crippen molar-refractivity contribution in [3.63, 3.8) is 0 Å². The molecule has 2 heterocycles. The zero-order valence-corrected chi connectivity index (χ0v) is 16.0. The third-order valence-corrected chi connectivity index (χ3v) is 5.45. The lowest BCUT2D eigenvalue weighted by Gasteiger charge is -2.24. The average molecular weight is 348 g/mol. The van der Waals surface area contributed by atoms with E-state index in [-0.39, 0.29) is 0 Å². The molecule has 1 aliphatic rings. The van der Waals surface area contributed by atoms with E-state index in [4.69, 9.17) is 4.98 Å². The van der Waals surface area contributed by atoms with Crippen molar-refractivity contribution in [1.29, 1.82) is 0 Å². The van der Waals surface area contributed by atoms with Crippen LogP contribution in [0.5, 0.6) is 0 Å². The van der Waals surface area contributed by atoms with Crippen LogP contribution in [-0.2, 0) is 0 Å². The van der Waals surface area contributed by atoms with Crippen LogP contribution < -0.4 is 10.2 Å². The maximum absolute atomic E-state index is 5.01. The largest absolute Gasteiger partial charge is 0.378 e. The second-order valence-electron chi connectivity index (χ2n) is 7.61.